The topological polar surface area (TPSA) is 63.6 Å². The SMILES string of the molecule is CO/N=C1/CCCC2c3ccccc3CCC2C(C)[C@H](CCC(=O)Nc2ncc(C)s2)C1. The smallest absolute Gasteiger partial charge is 0.226 e. The minimum absolute atomic E-state index is 0.0576. The molecule has 0 bridgehead atoms. The lowest BCUT2D eigenvalue weighted by Crippen LogP contribution is -2.31. The second-order valence-corrected chi connectivity index (χ2v) is 10.7. The second kappa shape index (κ2) is 10.6. The number of fused-ring (bicyclic) bond motifs is 3. The van der Waals surface area contributed by atoms with Gasteiger partial charge in [-0.15, -0.1) is 11.3 Å². The number of oxime groups is 1. The van der Waals surface area contributed by atoms with Crippen LogP contribution in [0.5, 0.6) is 0 Å². The van der Waals surface area contributed by atoms with Gasteiger partial charge in [0.1, 0.15) is 7.11 Å². The number of nitrogens with zero attached hydrogens (tertiary/aromatic N) is 2. The molecule has 3 unspecified atom stereocenters. The van der Waals surface area contributed by atoms with E-state index in [0.717, 1.165) is 42.7 Å². The molecule has 1 N–H and O–H groups in total. The summed E-state index contributed by atoms with van der Waals surface area (Å²) >= 11 is 1.52. The number of amides is 1. The van der Waals surface area contributed by atoms with E-state index in [9.17, 15) is 4.79 Å². The zero-order valence-electron chi connectivity index (χ0n) is 19.5. The van der Waals surface area contributed by atoms with Crippen LogP contribution in [0, 0.1) is 24.7 Å². The van der Waals surface area contributed by atoms with Crippen molar-refractivity contribution in [1.29, 1.82) is 0 Å². The molecule has 1 amide bonds. The maximum absolute atomic E-state index is 12.6. The second-order valence-electron chi connectivity index (χ2n) is 9.43. The zero-order valence-corrected chi connectivity index (χ0v) is 20.3. The van der Waals surface area contributed by atoms with Crippen molar-refractivity contribution >= 4 is 28.1 Å². The first-order valence-electron chi connectivity index (χ1n) is 11.9. The largest absolute Gasteiger partial charge is 0.399 e. The van der Waals surface area contributed by atoms with E-state index < -0.39 is 0 Å². The summed E-state index contributed by atoms with van der Waals surface area (Å²) in [6.45, 7) is 4.41. The highest BCUT2D eigenvalue weighted by Crippen LogP contribution is 2.47. The lowest BCUT2D eigenvalue weighted by molar-refractivity contribution is -0.116. The van der Waals surface area contributed by atoms with E-state index in [0.29, 0.717) is 35.2 Å². The third-order valence-electron chi connectivity index (χ3n) is 7.45. The molecule has 0 aliphatic heterocycles. The molecule has 172 valence electrons. The number of aryl methyl sites for hydroxylation is 2. The number of carbonyl (C=O) groups is 1. The first-order valence-corrected chi connectivity index (χ1v) is 12.8. The Labute approximate surface area is 195 Å². The number of rotatable bonds is 5. The first-order chi connectivity index (χ1) is 15.5. The lowest BCUT2D eigenvalue weighted by Gasteiger charge is -2.40. The van der Waals surface area contributed by atoms with Gasteiger partial charge in [0.15, 0.2) is 5.13 Å². The Morgan fingerprint density at radius 1 is 1.28 bits per heavy atom. The van der Waals surface area contributed by atoms with Gasteiger partial charge in [-0.2, -0.15) is 0 Å². The first kappa shape index (κ1) is 23.0. The van der Waals surface area contributed by atoms with E-state index in [1.165, 1.54) is 29.7 Å². The lowest BCUT2D eigenvalue weighted by atomic mass is 9.65. The molecule has 32 heavy (non-hydrogen) atoms. The zero-order chi connectivity index (χ0) is 22.5. The van der Waals surface area contributed by atoms with Crippen molar-refractivity contribution in [3.63, 3.8) is 0 Å². The average Bonchev–Trinajstić information content (AvgIpc) is 3.21. The number of hydrogen-bond donors (Lipinski definition) is 1. The maximum atomic E-state index is 12.6. The normalized spacial score (nSPS) is 26.9. The van der Waals surface area contributed by atoms with Crippen LogP contribution < -0.4 is 5.32 Å². The molecule has 1 aromatic heterocycles. The van der Waals surface area contributed by atoms with Crippen LogP contribution in [0.25, 0.3) is 0 Å². The van der Waals surface area contributed by atoms with Crippen LogP contribution in [0.4, 0.5) is 5.13 Å². The molecule has 5 nitrogen and oxygen atoms in total. The molecule has 1 fully saturated rings. The molecule has 4 rings (SSSR count). The predicted octanol–water partition coefficient (Wildman–Crippen LogP) is 6.35. The molecule has 0 radical (unpaired) electrons. The quantitative estimate of drug-likeness (QED) is 0.537. The molecule has 4 atom stereocenters. The summed E-state index contributed by atoms with van der Waals surface area (Å²) in [4.78, 5) is 23.2. The Kier molecular flexibility index (Phi) is 7.61. The van der Waals surface area contributed by atoms with Gasteiger partial charge in [0.25, 0.3) is 0 Å². The van der Waals surface area contributed by atoms with E-state index >= 15 is 0 Å². The Hall–Kier alpha value is -2.21. The van der Waals surface area contributed by atoms with E-state index in [2.05, 4.69) is 46.6 Å². The summed E-state index contributed by atoms with van der Waals surface area (Å²) in [5, 5.41) is 8.05. The standard InChI is InChI=1S/C26H35N3O2S/c1-17-16-27-26(32-17)28-25(30)14-12-20-15-21(29-31-3)8-6-10-24-22(18(20)2)13-11-19-7-4-5-9-23(19)24/h4-5,7,9,16,18,20,22,24H,6,8,10-15H2,1-3H3,(H,27,28,30)/b29-21-/t18?,20-,22?,24?/m1/s1. The van der Waals surface area contributed by atoms with Crippen LogP contribution in [0.1, 0.15) is 73.8 Å². The van der Waals surface area contributed by atoms with Crippen LogP contribution in [-0.4, -0.2) is 23.7 Å². The van der Waals surface area contributed by atoms with E-state index in [4.69, 9.17) is 4.84 Å². The van der Waals surface area contributed by atoms with Crippen molar-refractivity contribution in [3.8, 4) is 0 Å². The monoisotopic (exact) mass is 453 g/mol. The summed E-state index contributed by atoms with van der Waals surface area (Å²) in [6, 6.07) is 9.02. The fourth-order valence-electron chi connectivity index (χ4n) is 5.83. The summed E-state index contributed by atoms with van der Waals surface area (Å²) in [5.74, 6) is 2.27. The van der Waals surface area contributed by atoms with Gasteiger partial charge in [-0.3, -0.25) is 4.79 Å². The molecule has 2 aromatic rings. The van der Waals surface area contributed by atoms with E-state index in [-0.39, 0.29) is 5.91 Å². The molecule has 0 spiro atoms. The Balaban J connectivity index is 1.51. The Morgan fingerprint density at radius 3 is 2.91 bits per heavy atom. The fraction of sp³-hybridized carbons (Fsp3) is 0.577. The van der Waals surface area contributed by atoms with Gasteiger partial charge in [-0.05, 0) is 86.7 Å². The van der Waals surface area contributed by atoms with Gasteiger partial charge in [-0.1, -0.05) is 36.3 Å². The van der Waals surface area contributed by atoms with Gasteiger partial charge >= 0.3 is 0 Å². The summed E-state index contributed by atoms with van der Waals surface area (Å²) in [7, 11) is 1.64. The van der Waals surface area contributed by atoms with E-state index in [1.807, 2.05) is 6.92 Å². The number of hydrogen-bond acceptors (Lipinski definition) is 5. The molecule has 6 heteroatoms. The summed E-state index contributed by atoms with van der Waals surface area (Å²) in [5.41, 5.74) is 4.23. The minimum atomic E-state index is 0.0576. The highest BCUT2D eigenvalue weighted by atomic mass is 32.1. The molecule has 0 saturated heterocycles. The molecular weight excluding hydrogens is 418 g/mol. The minimum Gasteiger partial charge on any atom is -0.399 e. The summed E-state index contributed by atoms with van der Waals surface area (Å²) < 4.78 is 0. The predicted molar refractivity (Wildman–Crippen MR) is 131 cm³/mol. The Morgan fingerprint density at radius 2 is 2.12 bits per heavy atom. The molecule has 1 aromatic carbocycles. The Bertz CT molecular complexity index is 954. The molecule has 1 saturated carbocycles. The highest BCUT2D eigenvalue weighted by Gasteiger charge is 2.37. The van der Waals surface area contributed by atoms with Crippen LogP contribution in [0.3, 0.4) is 0 Å². The van der Waals surface area contributed by atoms with Crippen molar-refractivity contribution in [3.05, 3.63) is 46.5 Å². The van der Waals surface area contributed by atoms with Gasteiger partial charge in [0.2, 0.25) is 5.91 Å². The van der Waals surface area contributed by atoms with Crippen molar-refractivity contribution < 1.29 is 9.63 Å². The molecule has 1 heterocycles. The number of carbonyl (C=O) groups excluding carboxylic acids is 1. The van der Waals surface area contributed by atoms with Gasteiger partial charge < -0.3 is 10.2 Å². The maximum Gasteiger partial charge on any atom is 0.226 e. The molecular formula is C26H35N3O2S. The number of benzene rings is 1. The molecule has 2 aliphatic carbocycles. The van der Waals surface area contributed by atoms with Crippen LogP contribution in [-0.2, 0) is 16.1 Å². The van der Waals surface area contributed by atoms with Crippen molar-refractivity contribution in [2.24, 2.45) is 22.9 Å². The molecule has 2 aliphatic rings. The van der Waals surface area contributed by atoms with Gasteiger partial charge in [0.05, 0.1) is 5.71 Å². The number of thiazole rings is 1. The van der Waals surface area contributed by atoms with Crippen LogP contribution in [0.15, 0.2) is 35.6 Å². The third kappa shape index (κ3) is 5.40. The van der Waals surface area contributed by atoms with Crippen molar-refractivity contribution in [2.75, 3.05) is 12.4 Å². The van der Waals surface area contributed by atoms with Gasteiger partial charge in [0, 0.05) is 17.5 Å². The van der Waals surface area contributed by atoms with Crippen molar-refractivity contribution in [2.45, 2.75) is 71.1 Å². The number of nitrogens with one attached hydrogen (secondary N) is 1. The highest BCUT2D eigenvalue weighted by molar-refractivity contribution is 7.15. The number of anilines is 1. The van der Waals surface area contributed by atoms with Crippen LogP contribution in [0.2, 0.25) is 0 Å². The van der Waals surface area contributed by atoms with Crippen molar-refractivity contribution in [1.82, 2.24) is 4.98 Å². The number of aromatic nitrogens is 1. The van der Waals surface area contributed by atoms with Crippen LogP contribution >= 0.6 is 11.3 Å². The van der Waals surface area contributed by atoms with E-state index in [1.54, 1.807) is 18.9 Å². The fourth-order valence-corrected chi connectivity index (χ4v) is 6.51. The average molecular weight is 454 g/mol. The summed E-state index contributed by atoms with van der Waals surface area (Å²) in [6.07, 6.45) is 9.82. The third-order valence-corrected chi connectivity index (χ3v) is 8.27. The van der Waals surface area contributed by atoms with Gasteiger partial charge in [-0.25, -0.2) is 4.98 Å².